The number of hydroxylamine groups is 1. The van der Waals surface area contributed by atoms with Crippen LogP contribution in [-0.2, 0) is 4.79 Å². The fourth-order valence-electron chi connectivity index (χ4n) is 2.10. The van der Waals surface area contributed by atoms with Gasteiger partial charge in [0, 0.05) is 11.6 Å². The highest BCUT2D eigenvalue weighted by Gasteiger charge is 2.38. The summed E-state index contributed by atoms with van der Waals surface area (Å²) in [7, 11) is 3.06. The van der Waals surface area contributed by atoms with Gasteiger partial charge in [0.15, 0.2) is 0 Å². The first kappa shape index (κ1) is 22.8. The van der Waals surface area contributed by atoms with Gasteiger partial charge in [-0.15, -0.1) is 11.3 Å². The smallest absolute Gasteiger partial charge is 0.481 e. The highest BCUT2D eigenvalue weighted by atomic mass is 32.1. The van der Waals surface area contributed by atoms with Gasteiger partial charge in [0.2, 0.25) is 11.8 Å². The van der Waals surface area contributed by atoms with Crippen LogP contribution >= 0.6 is 11.3 Å². The Labute approximate surface area is 170 Å². The van der Waals surface area contributed by atoms with Crippen LogP contribution in [0.15, 0.2) is 30.3 Å². The number of pyridine rings is 1. The molecule has 0 unspecified atom stereocenters. The molecule has 0 aliphatic heterocycles. The SMILES string of the molecule is COc1ccc(-c2nc3ccc(C(=O)NO)cc3s2)c(OC)n1.O=C(O)C(F)(F)F. The number of carboxylic acid groups (broad SMARTS) is 1. The number of nitrogens with one attached hydrogen (secondary N) is 1. The van der Waals surface area contributed by atoms with Gasteiger partial charge >= 0.3 is 12.1 Å². The molecule has 3 N–H and O–H groups in total. The van der Waals surface area contributed by atoms with E-state index in [2.05, 4.69) is 9.97 Å². The molecule has 0 atom stereocenters. The fraction of sp³-hybridized carbons (Fsp3) is 0.176. The molecule has 0 aliphatic carbocycles. The number of ether oxygens (including phenoxy) is 2. The maximum absolute atomic E-state index is 11.5. The zero-order chi connectivity index (χ0) is 22.5. The van der Waals surface area contributed by atoms with Crippen LogP contribution in [0.25, 0.3) is 20.8 Å². The summed E-state index contributed by atoms with van der Waals surface area (Å²) in [6.07, 6.45) is -5.08. The summed E-state index contributed by atoms with van der Waals surface area (Å²) >= 11 is 1.40. The average Bonchev–Trinajstić information content (AvgIpc) is 3.15. The van der Waals surface area contributed by atoms with Gasteiger partial charge in [-0.2, -0.15) is 18.2 Å². The molecule has 13 heteroatoms. The monoisotopic (exact) mass is 445 g/mol. The standard InChI is InChI=1S/C15H13N3O4S.C2HF3O2/c1-21-12-6-4-9(14(17-12)22-2)15-16-10-5-3-8(13(19)18-20)7-11(10)23-15;3-2(4,5)1(6)7/h3-7,20H,1-2H3,(H,18,19);(H,6,7). The van der Waals surface area contributed by atoms with E-state index in [1.807, 2.05) is 6.07 Å². The normalized spacial score (nSPS) is 10.7. The summed E-state index contributed by atoms with van der Waals surface area (Å²) in [4.78, 5) is 29.2. The summed E-state index contributed by atoms with van der Waals surface area (Å²) < 4.78 is 42.9. The molecule has 9 nitrogen and oxygen atoms in total. The van der Waals surface area contributed by atoms with Gasteiger partial charge in [-0.25, -0.2) is 15.3 Å². The second-order valence-electron chi connectivity index (χ2n) is 5.36. The molecule has 0 radical (unpaired) electrons. The van der Waals surface area contributed by atoms with Crippen molar-refractivity contribution in [3.8, 4) is 22.3 Å². The number of aromatic nitrogens is 2. The van der Waals surface area contributed by atoms with Crippen molar-refractivity contribution in [2.45, 2.75) is 6.18 Å². The Balaban J connectivity index is 0.000000396. The number of alkyl halides is 3. The van der Waals surface area contributed by atoms with E-state index in [9.17, 15) is 18.0 Å². The van der Waals surface area contributed by atoms with Gasteiger partial charge in [-0.3, -0.25) is 10.0 Å². The lowest BCUT2D eigenvalue weighted by atomic mass is 10.2. The summed E-state index contributed by atoms with van der Waals surface area (Å²) in [6, 6.07) is 8.55. The van der Waals surface area contributed by atoms with Crippen LogP contribution < -0.4 is 15.0 Å². The van der Waals surface area contributed by atoms with E-state index in [0.29, 0.717) is 22.3 Å². The molecular formula is C17H14F3N3O6S. The number of hydrogen-bond acceptors (Lipinski definition) is 8. The Kier molecular flexibility index (Phi) is 7.13. The molecule has 2 aromatic heterocycles. The maximum atomic E-state index is 11.5. The second kappa shape index (κ2) is 9.37. The van der Waals surface area contributed by atoms with Gasteiger partial charge < -0.3 is 14.6 Å². The fourth-order valence-corrected chi connectivity index (χ4v) is 3.12. The summed E-state index contributed by atoms with van der Waals surface area (Å²) in [5, 5.41) is 16.6. The molecular weight excluding hydrogens is 431 g/mol. The van der Waals surface area contributed by atoms with E-state index >= 15 is 0 Å². The molecule has 160 valence electrons. The summed E-state index contributed by atoms with van der Waals surface area (Å²) in [5.74, 6) is -2.46. The number of hydrogen-bond donors (Lipinski definition) is 3. The Morgan fingerprint density at radius 3 is 2.30 bits per heavy atom. The van der Waals surface area contributed by atoms with Crippen molar-refractivity contribution < 1.29 is 42.5 Å². The molecule has 0 spiro atoms. The van der Waals surface area contributed by atoms with E-state index in [4.69, 9.17) is 24.6 Å². The molecule has 2 heterocycles. The highest BCUT2D eigenvalue weighted by Crippen LogP contribution is 2.36. The molecule has 0 saturated carbocycles. The minimum absolute atomic E-state index is 0.357. The van der Waals surface area contributed by atoms with Crippen molar-refractivity contribution >= 4 is 33.4 Å². The van der Waals surface area contributed by atoms with Crippen LogP contribution in [0.1, 0.15) is 10.4 Å². The van der Waals surface area contributed by atoms with E-state index in [-0.39, 0.29) is 0 Å². The number of nitrogens with zero attached hydrogens (tertiary/aromatic N) is 2. The molecule has 0 aliphatic rings. The minimum atomic E-state index is -5.08. The molecule has 3 rings (SSSR count). The first-order chi connectivity index (χ1) is 14.1. The largest absolute Gasteiger partial charge is 0.490 e. The third-order valence-electron chi connectivity index (χ3n) is 3.46. The molecule has 1 aromatic carbocycles. The topological polar surface area (TPSA) is 131 Å². The second-order valence-corrected chi connectivity index (χ2v) is 6.39. The number of thiazole rings is 1. The molecule has 3 aromatic rings. The summed E-state index contributed by atoms with van der Waals surface area (Å²) in [6.45, 7) is 0. The van der Waals surface area contributed by atoms with Crippen molar-refractivity contribution in [1.29, 1.82) is 0 Å². The zero-order valence-electron chi connectivity index (χ0n) is 15.4. The number of rotatable bonds is 4. The number of methoxy groups -OCH3 is 2. The average molecular weight is 445 g/mol. The third kappa shape index (κ3) is 5.33. The zero-order valence-corrected chi connectivity index (χ0v) is 16.2. The highest BCUT2D eigenvalue weighted by molar-refractivity contribution is 7.21. The van der Waals surface area contributed by atoms with Crippen molar-refractivity contribution in [3.05, 3.63) is 35.9 Å². The van der Waals surface area contributed by atoms with Gasteiger partial charge in [-0.05, 0) is 24.3 Å². The summed E-state index contributed by atoms with van der Waals surface area (Å²) in [5.41, 5.74) is 3.46. The van der Waals surface area contributed by atoms with E-state index in [0.717, 1.165) is 15.8 Å². The minimum Gasteiger partial charge on any atom is -0.481 e. The van der Waals surface area contributed by atoms with Crippen molar-refractivity contribution in [3.63, 3.8) is 0 Å². The number of benzene rings is 1. The van der Waals surface area contributed by atoms with Crippen molar-refractivity contribution in [2.75, 3.05) is 14.2 Å². The Morgan fingerprint density at radius 1 is 1.10 bits per heavy atom. The van der Waals surface area contributed by atoms with Gasteiger partial charge in [-0.1, -0.05) is 0 Å². The Bertz CT molecular complexity index is 1070. The van der Waals surface area contributed by atoms with Crippen LogP contribution in [0.4, 0.5) is 13.2 Å². The predicted octanol–water partition coefficient (Wildman–Crippen LogP) is 3.13. The van der Waals surface area contributed by atoms with Gasteiger partial charge in [0.05, 0.1) is 30.0 Å². The van der Waals surface area contributed by atoms with Gasteiger partial charge in [0.25, 0.3) is 5.91 Å². The molecule has 0 saturated heterocycles. The van der Waals surface area contributed by atoms with E-state index in [1.165, 1.54) is 25.6 Å². The number of halogens is 3. The molecule has 1 amide bonds. The van der Waals surface area contributed by atoms with Crippen LogP contribution in [0, 0.1) is 0 Å². The number of carbonyl (C=O) groups is 2. The lowest BCUT2D eigenvalue weighted by molar-refractivity contribution is -0.192. The number of carboxylic acids is 1. The molecule has 0 bridgehead atoms. The van der Waals surface area contributed by atoms with E-state index in [1.54, 1.807) is 29.7 Å². The Hall–Kier alpha value is -3.45. The molecule has 30 heavy (non-hydrogen) atoms. The van der Waals surface area contributed by atoms with Crippen molar-refractivity contribution in [1.82, 2.24) is 15.4 Å². The van der Waals surface area contributed by atoms with Crippen LogP contribution in [0.5, 0.6) is 11.8 Å². The first-order valence-corrected chi connectivity index (χ1v) is 8.67. The number of carbonyl (C=O) groups excluding carboxylic acids is 1. The predicted molar refractivity (Wildman–Crippen MR) is 98.9 cm³/mol. The maximum Gasteiger partial charge on any atom is 0.490 e. The van der Waals surface area contributed by atoms with Crippen LogP contribution in [0.3, 0.4) is 0 Å². The molecule has 0 fully saturated rings. The van der Waals surface area contributed by atoms with E-state index < -0.39 is 18.1 Å². The Morgan fingerprint density at radius 2 is 1.77 bits per heavy atom. The third-order valence-corrected chi connectivity index (χ3v) is 4.51. The van der Waals surface area contributed by atoms with Crippen molar-refractivity contribution in [2.24, 2.45) is 0 Å². The lowest BCUT2D eigenvalue weighted by Gasteiger charge is -2.06. The first-order valence-electron chi connectivity index (χ1n) is 7.85. The van der Waals surface area contributed by atoms with Crippen LogP contribution in [-0.4, -0.2) is 52.6 Å². The lowest BCUT2D eigenvalue weighted by Crippen LogP contribution is -2.21. The number of aliphatic carboxylic acids is 1. The number of amides is 1. The van der Waals surface area contributed by atoms with Crippen LogP contribution in [0.2, 0.25) is 0 Å². The quantitative estimate of drug-likeness (QED) is 0.412. The van der Waals surface area contributed by atoms with Gasteiger partial charge in [0.1, 0.15) is 5.01 Å². The number of fused-ring (bicyclic) bond motifs is 1.